The van der Waals surface area contributed by atoms with Crippen molar-refractivity contribution in [3.8, 4) is 16.9 Å². The fraction of sp³-hybridized carbons (Fsp3) is 0.471. The highest BCUT2D eigenvalue weighted by Gasteiger charge is 2.33. The van der Waals surface area contributed by atoms with Gasteiger partial charge < -0.3 is 10.5 Å². The van der Waals surface area contributed by atoms with Crippen LogP contribution in [0.1, 0.15) is 38.3 Å². The van der Waals surface area contributed by atoms with Crippen molar-refractivity contribution in [3.63, 3.8) is 0 Å². The maximum Gasteiger partial charge on any atom is 0.129 e. The predicted octanol–water partition coefficient (Wildman–Crippen LogP) is 3.58. The largest absolute Gasteiger partial charge is 0.494 e. The highest BCUT2D eigenvalue weighted by Crippen LogP contribution is 2.45. The van der Waals surface area contributed by atoms with Gasteiger partial charge in [0.2, 0.25) is 0 Å². The van der Waals surface area contributed by atoms with Crippen LogP contribution in [-0.4, -0.2) is 16.4 Å². The third-order valence-corrected chi connectivity index (χ3v) is 4.33. The summed E-state index contributed by atoms with van der Waals surface area (Å²) in [5.41, 5.74) is 9.59. The fourth-order valence-electron chi connectivity index (χ4n) is 2.88. The molecule has 0 spiro atoms. The van der Waals surface area contributed by atoms with Crippen LogP contribution in [0.2, 0.25) is 0 Å². The van der Waals surface area contributed by atoms with Crippen LogP contribution in [0.4, 0.5) is 5.82 Å². The minimum atomic E-state index is 0.468. The first-order valence-corrected chi connectivity index (χ1v) is 7.67. The zero-order valence-electron chi connectivity index (χ0n) is 13.0. The maximum atomic E-state index is 6.26. The van der Waals surface area contributed by atoms with Gasteiger partial charge in [0.15, 0.2) is 0 Å². The fourth-order valence-corrected chi connectivity index (χ4v) is 2.88. The molecule has 21 heavy (non-hydrogen) atoms. The number of hydrogen-bond acceptors (Lipinski definition) is 3. The van der Waals surface area contributed by atoms with E-state index in [1.807, 2.05) is 26.1 Å². The quantitative estimate of drug-likeness (QED) is 0.913. The molecule has 1 atom stereocenters. The van der Waals surface area contributed by atoms with Gasteiger partial charge in [0.1, 0.15) is 11.6 Å². The number of nitrogens with zero attached hydrogens (tertiary/aromatic N) is 2. The van der Waals surface area contributed by atoms with Gasteiger partial charge in [-0.15, -0.1) is 0 Å². The van der Waals surface area contributed by atoms with Crippen LogP contribution in [0.25, 0.3) is 11.1 Å². The SMILES string of the molecule is CCOc1ccc(-c2c(C(C)C3CC3)nn(C)c2N)cc1. The molecule has 1 aromatic carbocycles. The number of nitrogens with two attached hydrogens (primary N) is 1. The van der Waals surface area contributed by atoms with Crippen molar-refractivity contribution in [1.29, 1.82) is 0 Å². The van der Waals surface area contributed by atoms with E-state index in [1.165, 1.54) is 12.8 Å². The van der Waals surface area contributed by atoms with E-state index in [9.17, 15) is 0 Å². The number of anilines is 1. The lowest BCUT2D eigenvalue weighted by molar-refractivity contribution is 0.340. The molecule has 1 aromatic heterocycles. The van der Waals surface area contributed by atoms with Gasteiger partial charge in [-0.3, -0.25) is 4.68 Å². The van der Waals surface area contributed by atoms with Crippen molar-refractivity contribution < 1.29 is 4.74 Å². The molecule has 1 aliphatic rings. The molecule has 4 nitrogen and oxygen atoms in total. The normalized spacial score (nSPS) is 16.0. The number of aryl methyl sites for hydroxylation is 1. The predicted molar refractivity (Wildman–Crippen MR) is 85.4 cm³/mol. The van der Waals surface area contributed by atoms with E-state index in [0.29, 0.717) is 12.5 Å². The molecule has 1 heterocycles. The summed E-state index contributed by atoms with van der Waals surface area (Å²) >= 11 is 0. The van der Waals surface area contributed by atoms with Crippen LogP contribution in [0.15, 0.2) is 24.3 Å². The van der Waals surface area contributed by atoms with Crippen LogP contribution in [0, 0.1) is 5.92 Å². The molecule has 3 rings (SSSR count). The number of benzene rings is 1. The molecule has 4 heteroatoms. The lowest BCUT2D eigenvalue weighted by Gasteiger charge is -2.11. The molecule has 1 fully saturated rings. The number of nitrogen functional groups attached to an aromatic ring is 1. The summed E-state index contributed by atoms with van der Waals surface area (Å²) in [7, 11) is 1.91. The van der Waals surface area contributed by atoms with Gasteiger partial charge in [-0.25, -0.2) is 0 Å². The Labute approximate surface area is 125 Å². The van der Waals surface area contributed by atoms with Crippen molar-refractivity contribution in [1.82, 2.24) is 9.78 Å². The summed E-state index contributed by atoms with van der Waals surface area (Å²) in [6.07, 6.45) is 2.61. The Balaban J connectivity index is 1.99. The molecular weight excluding hydrogens is 262 g/mol. The van der Waals surface area contributed by atoms with E-state index in [1.54, 1.807) is 4.68 Å². The topological polar surface area (TPSA) is 53.1 Å². The molecule has 0 saturated heterocycles. The molecule has 0 radical (unpaired) electrons. The van der Waals surface area contributed by atoms with Crippen LogP contribution >= 0.6 is 0 Å². The molecule has 0 aliphatic heterocycles. The minimum absolute atomic E-state index is 0.468. The summed E-state index contributed by atoms with van der Waals surface area (Å²) in [4.78, 5) is 0. The summed E-state index contributed by atoms with van der Waals surface area (Å²) in [5, 5.41) is 4.67. The molecular formula is C17H23N3O. The van der Waals surface area contributed by atoms with Gasteiger partial charge in [-0.2, -0.15) is 5.10 Å². The van der Waals surface area contributed by atoms with Gasteiger partial charge in [-0.1, -0.05) is 19.1 Å². The number of ether oxygens (including phenoxy) is 1. The van der Waals surface area contributed by atoms with Gasteiger partial charge in [-0.05, 0) is 43.4 Å². The zero-order chi connectivity index (χ0) is 15.0. The zero-order valence-corrected chi connectivity index (χ0v) is 13.0. The monoisotopic (exact) mass is 285 g/mol. The van der Waals surface area contributed by atoms with Gasteiger partial charge in [0.25, 0.3) is 0 Å². The standard InChI is InChI=1S/C17H23N3O/c1-4-21-14-9-7-13(8-10-14)15-16(11(2)12-5-6-12)19-20(3)17(15)18/h7-12H,4-6,18H2,1-3H3. The van der Waals surface area contributed by atoms with Gasteiger partial charge >= 0.3 is 0 Å². The second-order valence-corrected chi connectivity index (χ2v) is 5.85. The number of aromatic nitrogens is 2. The highest BCUT2D eigenvalue weighted by molar-refractivity contribution is 5.77. The molecule has 1 aliphatic carbocycles. The summed E-state index contributed by atoms with van der Waals surface area (Å²) in [6, 6.07) is 8.14. The first kappa shape index (κ1) is 14.0. The van der Waals surface area contributed by atoms with Crippen LogP contribution < -0.4 is 10.5 Å². The smallest absolute Gasteiger partial charge is 0.129 e. The van der Waals surface area contributed by atoms with E-state index < -0.39 is 0 Å². The lowest BCUT2D eigenvalue weighted by Crippen LogP contribution is -2.00. The molecule has 1 saturated carbocycles. The van der Waals surface area contributed by atoms with Crippen molar-refractivity contribution in [2.24, 2.45) is 13.0 Å². The first-order valence-electron chi connectivity index (χ1n) is 7.67. The van der Waals surface area contributed by atoms with E-state index >= 15 is 0 Å². The van der Waals surface area contributed by atoms with Crippen molar-refractivity contribution in [2.75, 3.05) is 12.3 Å². The summed E-state index contributed by atoms with van der Waals surface area (Å²) < 4.78 is 7.30. The average molecular weight is 285 g/mol. The van der Waals surface area contributed by atoms with Crippen LogP contribution in [0.5, 0.6) is 5.75 Å². The molecule has 2 N–H and O–H groups in total. The second-order valence-electron chi connectivity index (χ2n) is 5.85. The van der Waals surface area contributed by atoms with E-state index in [2.05, 4.69) is 24.2 Å². The Morgan fingerprint density at radius 2 is 2.00 bits per heavy atom. The lowest BCUT2D eigenvalue weighted by atomic mass is 9.94. The molecule has 112 valence electrons. The van der Waals surface area contributed by atoms with Gasteiger partial charge in [0, 0.05) is 18.5 Å². The Kier molecular flexibility index (Phi) is 3.62. The number of hydrogen-bond donors (Lipinski definition) is 1. The minimum Gasteiger partial charge on any atom is -0.494 e. The van der Waals surface area contributed by atoms with Crippen LogP contribution in [-0.2, 0) is 7.05 Å². The average Bonchev–Trinajstić information content (AvgIpc) is 3.28. The number of rotatable bonds is 5. The highest BCUT2D eigenvalue weighted by atomic mass is 16.5. The Bertz CT molecular complexity index is 626. The van der Waals surface area contributed by atoms with Crippen molar-refractivity contribution >= 4 is 5.82 Å². The Hall–Kier alpha value is -1.97. The maximum absolute atomic E-state index is 6.26. The third kappa shape index (κ3) is 2.62. The Morgan fingerprint density at radius 3 is 2.57 bits per heavy atom. The van der Waals surface area contributed by atoms with E-state index in [-0.39, 0.29) is 0 Å². The first-order chi connectivity index (χ1) is 10.1. The third-order valence-electron chi connectivity index (χ3n) is 4.33. The molecule has 0 amide bonds. The van der Waals surface area contributed by atoms with Crippen LogP contribution in [0.3, 0.4) is 0 Å². The summed E-state index contributed by atoms with van der Waals surface area (Å²) in [5.74, 6) is 2.86. The molecule has 0 bridgehead atoms. The molecule has 2 aromatic rings. The van der Waals surface area contributed by atoms with Crippen molar-refractivity contribution in [2.45, 2.75) is 32.6 Å². The van der Waals surface area contributed by atoms with Gasteiger partial charge in [0.05, 0.1) is 12.3 Å². The second kappa shape index (κ2) is 5.43. The Morgan fingerprint density at radius 1 is 1.33 bits per heavy atom. The van der Waals surface area contributed by atoms with E-state index in [4.69, 9.17) is 10.5 Å². The molecule has 1 unspecified atom stereocenters. The summed E-state index contributed by atoms with van der Waals surface area (Å²) in [6.45, 7) is 4.93. The van der Waals surface area contributed by atoms with Crippen molar-refractivity contribution in [3.05, 3.63) is 30.0 Å². The van der Waals surface area contributed by atoms with E-state index in [0.717, 1.165) is 34.3 Å².